The van der Waals surface area contributed by atoms with E-state index >= 15 is 0 Å². The van der Waals surface area contributed by atoms with Crippen LogP contribution in [0.4, 0.5) is 0 Å². The first-order chi connectivity index (χ1) is 11.9. The van der Waals surface area contributed by atoms with E-state index in [0.717, 1.165) is 18.4 Å². The lowest BCUT2D eigenvalue weighted by molar-refractivity contribution is 0.0942. The first kappa shape index (κ1) is 19.9. The summed E-state index contributed by atoms with van der Waals surface area (Å²) in [5.74, 6) is 0.361. The lowest BCUT2D eigenvalue weighted by Crippen LogP contribution is -2.32. The summed E-state index contributed by atoms with van der Waals surface area (Å²) in [4.78, 5) is 12.8. The molecule has 1 aliphatic rings. The molecule has 1 fully saturated rings. The highest BCUT2D eigenvalue weighted by Crippen LogP contribution is 2.23. The molecule has 0 unspecified atom stereocenters. The van der Waals surface area contributed by atoms with E-state index in [4.69, 9.17) is 0 Å². The van der Waals surface area contributed by atoms with Gasteiger partial charge in [0.15, 0.2) is 0 Å². The number of carbonyl (C=O) groups excluding carboxylic acids is 1. The number of hydrogen-bond acceptors (Lipinski definition) is 3. The summed E-state index contributed by atoms with van der Waals surface area (Å²) in [6.07, 6.45) is 6.08. The van der Waals surface area contributed by atoms with Crippen LogP contribution in [-0.2, 0) is 10.0 Å². The van der Waals surface area contributed by atoms with Crippen molar-refractivity contribution in [3.63, 3.8) is 0 Å². The summed E-state index contributed by atoms with van der Waals surface area (Å²) in [6.45, 7) is 6.96. The molecule has 5 nitrogen and oxygen atoms in total. The van der Waals surface area contributed by atoms with Crippen LogP contribution in [0.2, 0.25) is 0 Å². The Balaban J connectivity index is 2.16. The second-order valence-electron chi connectivity index (χ2n) is 6.78. The van der Waals surface area contributed by atoms with Crippen LogP contribution in [0.5, 0.6) is 0 Å². The molecule has 140 valence electrons. The second kappa shape index (κ2) is 8.81. The van der Waals surface area contributed by atoms with Crippen molar-refractivity contribution < 1.29 is 13.2 Å². The topological polar surface area (TPSA) is 66.5 Å². The van der Waals surface area contributed by atoms with Crippen molar-refractivity contribution in [3.05, 3.63) is 29.3 Å². The van der Waals surface area contributed by atoms with Crippen molar-refractivity contribution in [1.29, 1.82) is 0 Å². The minimum absolute atomic E-state index is 0.181. The second-order valence-corrected chi connectivity index (χ2v) is 8.72. The monoisotopic (exact) mass is 366 g/mol. The van der Waals surface area contributed by atoms with Gasteiger partial charge >= 0.3 is 0 Å². The van der Waals surface area contributed by atoms with Crippen LogP contribution in [0, 0.1) is 12.8 Å². The van der Waals surface area contributed by atoms with E-state index in [-0.39, 0.29) is 10.8 Å². The van der Waals surface area contributed by atoms with E-state index in [1.807, 2.05) is 20.8 Å². The summed E-state index contributed by atoms with van der Waals surface area (Å²) in [7, 11) is -3.56. The minimum atomic E-state index is -3.56. The van der Waals surface area contributed by atoms with Crippen LogP contribution in [-0.4, -0.2) is 38.3 Å². The van der Waals surface area contributed by atoms with Gasteiger partial charge in [-0.15, -0.1) is 0 Å². The Labute approximate surface area is 151 Å². The number of nitrogens with zero attached hydrogens (tertiary/aromatic N) is 1. The highest BCUT2D eigenvalue weighted by molar-refractivity contribution is 7.89. The standard InChI is InChI=1S/C19H30N2O3S/c1-4-21(5-2)25(23,24)17-12-11-15(3)18(13-17)19(22)20-14-16-9-7-6-8-10-16/h11-13,16H,4-10,14H2,1-3H3,(H,20,22). The Hall–Kier alpha value is -1.40. The lowest BCUT2D eigenvalue weighted by Gasteiger charge is -2.22. The molecule has 0 bridgehead atoms. The van der Waals surface area contributed by atoms with Crippen LogP contribution in [0.15, 0.2) is 23.1 Å². The van der Waals surface area contributed by atoms with E-state index < -0.39 is 10.0 Å². The van der Waals surface area contributed by atoms with Crippen LogP contribution in [0.25, 0.3) is 0 Å². The third kappa shape index (κ3) is 4.82. The Morgan fingerprint density at radius 2 is 1.80 bits per heavy atom. The van der Waals surface area contributed by atoms with Crippen molar-refractivity contribution in [3.8, 4) is 0 Å². The van der Waals surface area contributed by atoms with Gasteiger partial charge in [-0.1, -0.05) is 39.2 Å². The minimum Gasteiger partial charge on any atom is -0.352 e. The fraction of sp³-hybridized carbons (Fsp3) is 0.632. The number of benzene rings is 1. The SMILES string of the molecule is CCN(CC)S(=O)(=O)c1ccc(C)c(C(=O)NCC2CCCCC2)c1. The molecule has 6 heteroatoms. The van der Waals surface area contributed by atoms with E-state index in [0.29, 0.717) is 31.1 Å². The molecule has 1 saturated carbocycles. The Morgan fingerprint density at radius 3 is 2.40 bits per heavy atom. The average molecular weight is 367 g/mol. The maximum absolute atomic E-state index is 12.7. The predicted molar refractivity (Wildman–Crippen MR) is 100 cm³/mol. The molecule has 2 rings (SSSR count). The molecule has 0 aliphatic heterocycles. The van der Waals surface area contributed by atoms with Gasteiger partial charge in [0.25, 0.3) is 5.91 Å². The van der Waals surface area contributed by atoms with Gasteiger partial charge in [0.2, 0.25) is 10.0 Å². The highest BCUT2D eigenvalue weighted by Gasteiger charge is 2.23. The first-order valence-electron chi connectivity index (χ1n) is 9.29. The summed E-state index contributed by atoms with van der Waals surface area (Å²) in [5, 5.41) is 3.00. The van der Waals surface area contributed by atoms with Crippen LogP contribution in [0.3, 0.4) is 0 Å². The third-order valence-electron chi connectivity index (χ3n) is 5.07. The highest BCUT2D eigenvalue weighted by atomic mass is 32.2. The molecule has 1 aliphatic carbocycles. The van der Waals surface area contributed by atoms with Gasteiger partial charge in [0.05, 0.1) is 4.90 Å². The summed E-state index contributed by atoms with van der Waals surface area (Å²) in [6, 6.07) is 4.81. The molecule has 0 aromatic heterocycles. The smallest absolute Gasteiger partial charge is 0.251 e. The number of amides is 1. The summed E-state index contributed by atoms with van der Waals surface area (Å²) < 4.78 is 26.8. The van der Waals surface area contributed by atoms with Crippen molar-refractivity contribution >= 4 is 15.9 Å². The molecule has 25 heavy (non-hydrogen) atoms. The molecule has 1 aromatic rings. The van der Waals surface area contributed by atoms with Crippen LogP contribution < -0.4 is 5.32 Å². The van der Waals surface area contributed by atoms with Gasteiger partial charge in [-0.2, -0.15) is 4.31 Å². The Bertz CT molecular complexity index is 691. The molecule has 0 spiro atoms. The quantitative estimate of drug-likeness (QED) is 0.805. The Kier molecular flexibility index (Phi) is 7.02. The number of nitrogens with one attached hydrogen (secondary N) is 1. The van der Waals surface area contributed by atoms with Gasteiger partial charge in [-0.05, 0) is 43.4 Å². The zero-order valence-corrected chi connectivity index (χ0v) is 16.4. The molecule has 1 aromatic carbocycles. The summed E-state index contributed by atoms with van der Waals surface area (Å²) in [5.41, 5.74) is 1.24. The number of hydrogen-bond donors (Lipinski definition) is 1. The number of carbonyl (C=O) groups is 1. The average Bonchev–Trinajstić information content (AvgIpc) is 2.61. The molecule has 0 atom stereocenters. The maximum atomic E-state index is 12.7. The van der Waals surface area contributed by atoms with Crippen molar-refractivity contribution in [2.24, 2.45) is 5.92 Å². The van der Waals surface area contributed by atoms with E-state index in [2.05, 4.69) is 5.32 Å². The molecule has 1 amide bonds. The molecule has 1 N–H and O–H groups in total. The fourth-order valence-electron chi connectivity index (χ4n) is 3.44. The van der Waals surface area contributed by atoms with Crippen molar-refractivity contribution in [1.82, 2.24) is 9.62 Å². The maximum Gasteiger partial charge on any atom is 0.251 e. The third-order valence-corrected chi connectivity index (χ3v) is 7.12. The largest absolute Gasteiger partial charge is 0.352 e. The molecule has 0 radical (unpaired) electrons. The molecular weight excluding hydrogens is 336 g/mol. The normalized spacial score (nSPS) is 16.2. The van der Waals surface area contributed by atoms with Crippen molar-refractivity contribution in [2.45, 2.75) is 57.8 Å². The van der Waals surface area contributed by atoms with Gasteiger partial charge < -0.3 is 5.32 Å². The molecule has 0 heterocycles. The van der Waals surface area contributed by atoms with Gasteiger partial charge in [0.1, 0.15) is 0 Å². The van der Waals surface area contributed by atoms with E-state index in [1.54, 1.807) is 12.1 Å². The Morgan fingerprint density at radius 1 is 1.16 bits per heavy atom. The van der Waals surface area contributed by atoms with Crippen LogP contribution in [0.1, 0.15) is 61.9 Å². The zero-order chi connectivity index (χ0) is 18.4. The number of rotatable bonds is 7. The van der Waals surface area contributed by atoms with Gasteiger partial charge in [-0.3, -0.25) is 4.79 Å². The number of aryl methyl sites for hydroxylation is 1. The van der Waals surface area contributed by atoms with Crippen LogP contribution >= 0.6 is 0 Å². The predicted octanol–water partition coefficient (Wildman–Crippen LogP) is 3.34. The van der Waals surface area contributed by atoms with Crippen molar-refractivity contribution in [2.75, 3.05) is 19.6 Å². The fourth-order valence-corrected chi connectivity index (χ4v) is 4.93. The van der Waals surface area contributed by atoms with E-state index in [1.165, 1.54) is 29.6 Å². The lowest BCUT2D eigenvalue weighted by atomic mass is 9.89. The number of sulfonamides is 1. The summed E-state index contributed by atoms with van der Waals surface area (Å²) >= 11 is 0. The zero-order valence-electron chi connectivity index (χ0n) is 15.5. The van der Waals surface area contributed by atoms with E-state index in [9.17, 15) is 13.2 Å². The van der Waals surface area contributed by atoms with Gasteiger partial charge in [-0.25, -0.2) is 8.42 Å². The van der Waals surface area contributed by atoms with Gasteiger partial charge in [0, 0.05) is 25.2 Å². The molecule has 0 saturated heterocycles. The molecular formula is C19H30N2O3S. The first-order valence-corrected chi connectivity index (χ1v) is 10.7.